The van der Waals surface area contributed by atoms with Gasteiger partial charge in [0.05, 0.1) is 4.92 Å². The highest BCUT2D eigenvalue weighted by Gasteiger charge is 2.11. The molecule has 0 saturated heterocycles. The zero-order chi connectivity index (χ0) is 9.84. The van der Waals surface area contributed by atoms with Crippen LogP contribution in [0.3, 0.4) is 0 Å². The minimum absolute atomic E-state index is 0.0553. The van der Waals surface area contributed by atoms with Gasteiger partial charge in [-0.15, -0.1) is 0 Å². The van der Waals surface area contributed by atoms with Crippen LogP contribution in [0.5, 0.6) is 0 Å². The Balaban J connectivity index is 3.15. The molecule has 1 rings (SSSR count). The van der Waals surface area contributed by atoms with Crippen LogP contribution in [0, 0.1) is 10.1 Å². The van der Waals surface area contributed by atoms with Gasteiger partial charge in [0.2, 0.25) is 0 Å². The van der Waals surface area contributed by atoms with Gasteiger partial charge in [-0.05, 0) is 11.6 Å². The molecule has 0 amide bonds. The molecular formula is C8H11N3O2. The SMILES string of the molecule is NCc1ccc([N+](=O)[O-])c(CN)c1. The second-order valence-corrected chi connectivity index (χ2v) is 2.63. The third-order valence-electron chi connectivity index (χ3n) is 1.80. The molecule has 0 aliphatic rings. The molecule has 0 fully saturated rings. The van der Waals surface area contributed by atoms with Crippen LogP contribution in [0.2, 0.25) is 0 Å². The van der Waals surface area contributed by atoms with Gasteiger partial charge < -0.3 is 11.5 Å². The Kier molecular flexibility index (Phi) is 2.94. The monoisotopic (exact) mass is 181 g/mol. The second-order valence-electron chi connectivity index (χ2n) is 2.63. The number of hydrogen-bond donors (Lipinski definition) is 2. The fraction of sp³-hybridized carbons (Fsp3) is 0.250. The van der Waals surface area contributed by atoms with Crippen LogP contribution in [-0.2, 0) is 13.1 Å². The zero-order valence-corrected chi connectivity index (χ0v) is 7.06. The number of nitrogens with two attached hydrogens (primary N) is 2. The van der Waals surface area contributed by atoms with Gasteiger partial charge in [0.25, 0.3) is 5.69 Å². The molecule has 0 atom stereocenters. The number of hydrogen-bond acceptors (Lipinski definition) is 4. The largest absolute Gasteiger partial charge is 0.326 e. The predicted molar refractivity (Wildman–Crippen MR) is 48.9 cm³/mol. The summed E-state index contributed by atoms with van der Waals surface area (Å²) >= 11 is 0. The Morgan fingerprint density at radius 3 is 2.46 bits per heavy atom. The molecular weight excluding hydrogens is 170 g/mol. The summed E-state index contributed by atoms with van der Waals surface area (Å²) < 4.78 is 0. The summed E-state index contributed by atoms with van der Waals surface area (Å²) in [6.45, 7) is 0.523. The minimum atomic E-state index is -0.442. The third-order valence-corrected chi connectivity index (χ3v) is 1.80. The highest BCUT2D eigenvalue weighted by atomic mass is 16.6. The van der Waals surface area contributed by atoms with Gasteiger partial charge in [-0.3, -0.25) is 10.1 Å². The van der Waals surface area contributed by atoms with E-state index in [1.807, 2.05) is 0 Å². The van der Waals surface area contributed by atoms with E-state index in [-0.39, 0.29) is 12.2 Å². The number of nitro benzene ring substituents is 1. The molecule has 0 aliphatic heterocycles. The van der Waals surface area contributed by atoms with Gasteiger partial charge in [-0.1, -0.05) is 6.07 Å². The molecule has 4 N–H and O–H groups in total. The van der Waals surface area contributed by atoms with Crippen molar-refractivity contribution in [2.75, 3.05) is 0 Å². The van der Waals surface area contributed by atoms with Gasteiger partial charge in [0.15, 0.2) is 0 Å². The van der Waals surface area contributed by atoms with E-state index in [0.29, 0.717) is 12.1 Å². The van der Waals surface area contributed by atoms with Crippen molar-refractivity contribution in [1.29, 1.82) is 0 Å². The van der Waals surface area contributed by atoms with Gasteiger partial charge in [0.1, 0.15) is 0 Å². The van der Waals surface area contributed by atoms with Gasteiger partial charge in [-0.25, -0.2) is 0 Å². The first-order valence-corrected chi connectivity index (χ1v) is 3.85. The van der Waals surface area contributed by atoms with Crippen LogP contribution < -0.4 is 11.5 Å². The number of benzene rings is 1. The van der Waals surface area contributed by atoms with Crippen molar-refractivity contribution in [3.8, 4) is 0 Å². The summed E-state index contributed by atoms with van der Waals surface area (Å²) in [6.07, 6.45) is 0. The summed E-state index contributed by atoms with van der Waals surface area (Å²) in [5.74, 6) is 0. The van der Waals surface area contributed by atoms with Crippen LogP contribution in [0.15, 0.2) is 18.2 Å². The fourth-order valence-corrected chi connectivity index (χ4v) is 1.11. The molecule has 0 bridgehead atoms. The van der Waals surface area contributed by atoms with Crippen LogP contribution >= 0.6 is 0 Å². The second kappa shape index (κ2) is 3.97. The van der Waals surface area contributed by atoms with Crippen molar-refractivity contribution < 1.29 is 4.92 Å². The van der Waals surface area contributed by atoms with E-state index >= 15 is 0 Å². The molecule has 0 heterocycles. The Labute approximate surface area is 75.5 Å². The maximum Gasteiger partial charge on any atom is 0.273 e. The Morgan fingerprint density at radius 2 is 2.00 bits per heavy atom. The summed E-state index contributed by atoms with van der Waals surface area (Å²) in [7, 11) is 0. The van der Waals surface area contributed by atoms with Crippen molar-refractivity contribution in [3.63, 3.8) is 0 Å². The highest BCUT2D eigenvalue weighted by Crippen LogP contribution is 2.18. The zero-order valence-electron chi connectivity index (χ0n) is 7.06. The minimum Gasteiger partial charge on any atom is -0.326 e. The lowest BCUT2D eigenvalue weighted by Gasteiger charge is -2.01. The lowest BCUT2D eigenvalue weighted by molar-refractivity contribution is -0.385. The number of nitrogens with zero attached hydrogens (tertiary/aromatic N) is 1. The molecule has 5 heteroatoms. The Morgan fingerprint density at radius 1 is 1.31 bits per heavy atom. The normalized spacial score (nSPS) is 10.0. The van der Waals surface area contributed by atoms with E-state index in [4.69, 9.17) is 11.5 Å². The molecule has 70 valence electrons. The Hall–Kier alpha value is -1.46. The van der Waals surface area contributed by atoms with Crippen molar-refractivity contribution in [2.45, 2.75) is 13.1 Å². The lowest BCUT2D eigenvalue weighted by atomic mass is 10.1. The number of nitro groups is 1. The average Bonchev–Trinajstić information content (AvgIpc) is 2.16. The van der Waals surface area contributed by atoms with E-state index < -0.39 is 4.92 Å². The molecule has 1 aromatic rings. The van der Waals surface area contributed by atoms with Crippen LogP contribution in [0.25, 0.3) is 0 Å². The molecule has 0 aromatic heterocycles. The molecule has 0 spiro atoms. The van der Waals surface area contributed by atoms with Crippen molar-refractivity contribution >= 4 is 5.69 Å². The first-order valence-electron chi connectivity index (χ1n) is 3.85. The third kappa shape index (κ3) is 2.01. The maximum absolute atomic E-state index is 10.5. The summed E-state index contributed by atoms with van der Waals surface area (Å²) in [4.78, 5) is 10.1. The van der Waals surface area contributed by atoms with E-state index in [1.165, 1.54) is 6.07 Å². The van der Waals surface area contributed by atoms with Crippen LogP contribution in [-0.4, -0.2) is 4.92 Å². The predicted octanol–water partition coefficient (Wildman–Crippen LogP) is 0.512. The molecule has 1 aromatic carbocycles. The Bertz CT molecular complexity index is 325. The molecule has 0 unspecified atom stereocenters. The fourth-order valence-electron chi connectivity index (χ4n) is 1.11. The summed E-state index contributed by atoms with van der Waals surface area (Å²) in [5.41, 5.74) is 12.2. The molecule has 0 saturated carbocycles. The quantitative estimate of drug-likeness (QED) is 0.524. The van der Waals surface area contributed by atoms with E-state index in [9.17, 15) is 10.1 Å². The topological polar surface area (TPSA) is 95.2 Å². The van der Waals surface area contributed by atoms with E-state index in [0.717, 1.165) is 5.56 Å². The van der Waals surface area contributed by atoms with Crippen molar-refractivity contribution in [3.05, 3.63) is 39.4 Å². The molecule has 13 heavy (non-hydrogen) atoms. The van der Waals surface area contributed by atoms with Crippen LogP contribution in [0.1, 0.15) is 11.1 Å². The van der Waals surface area contributed by atoms with Crippen LogP contribution in [0.4, 0.5) is 5.69 Å². The van der Waals surface area contributed by atoms with E-state index in [2.05, 4.69) is 0 Å². The van der Waals surface area contributed by atoms with Crippen molar-refractivity contribution in [1.82, 2.24) is 0 Å². The van der Waals surface area contributed by atoms with Gasteiger partial charge in [-0.2, -0.15) is 0 Å². The average molecular weight is 181 g/mol. The molecule has 5 nitrogen and oxygen atoms in total. The first kappa shape index (κ1) is 9.63. The summed E-state index contributed by atoms with van der Waals surface area (Å²) in [6, 6.07) is 4.74. The molecule has 0 radical (unpaired) electrons. The highest BCUT2D eigenvalue weighted by molar-refractivity contribution is 5.42. The molecule has 0 aliphatic carbocycles. The summed E-state index contributed by atoms with van der Waals surface area (Å²) in [5, 5.41) is 10.5. The number of rotatable bonds is 3. The van der Waals surface area contributed by atoms with Gasteiger partial charge >= 0.3 is 0 Å². The smallest absolute Gasteiger partial charge is 0.273 e. The standard InChI is InChI=1S/C8H11N3O2/c9-4-6-1-2-8(11(12)13)7(3-6)5-10/h1-3H,4-5,9-10H2. The maximum atomic E-state index is 10.5. The van der Waals surface area contributed by atoms with Gasteiger partial charge in [0, 0.05) is 24.7 Å². The van der Waals surface area contributed by atoms with Crippen molar-refractivity contribution in [2.24, 2.45) is 11.5 Å². The van der Waals surface area contributed by atoms with E-state index in [1.54, 1.807) is 12.1 Å². The first-order chi connectivity index (χ1) is 6.19. The lowest BCUT2D eigenvalue weighted by Crippen LogP contribution is -2.04.